The second kappa shape index (κ2) is 10.9. The average molecular weight is 559 g/mol. The van der Waals surface area contributed by atoms with Crippen LogP contribution >= 0.6 is 0 Å². The number of hydrogen-bond donors (Lipinski definition) is 2. The third kappa shape index (κ3) is 5.74. The number of fused-ring (bicyclic) bond motifs is 2. The third-order valence-corrected chi connectivity index (χ3v) is 7.86. The van der Waals surface area contributed by atoms with Gasteiger partial charge in [0.1, 0.15) is 23.9 Å². The number of hydrogen-bond acceptors (Lipinski definition) is 6. The third-order valence-electron chi connectivity index (χ3n) is 7.86. The van der Waals surface area contributed by atoms with Gasteiger partial charge in [0.2, 0.25) is 0 Å². The highest BCUT2D eigenvalue weighted by atomic mass is 19.4. The zero-order valence-corrected chi connectivity index (χ0v) is 22.5. The number of rotatable bonds is 7. The number of nitriles is 1. The molecule has 1 aromatic carbocycles. The van der Waals surface area contributed by atoms with Crippen molar-refractivity contribution < 1.29 is 13.2 Å². The van der Waals surface area contributed by atoms with Crippen LogP contribution in [0.5, 0.6) is 0 Å². The number of anilines is 1. The number of likely N-dealkylation sites (tertiary alicyclic amines) is 1. The van der Waals surface area contributed by atoms with Gasteiger partial charge in [-0.2, -0.15) is 18.4 Å². The fourth-order valence-electron chi connectivity index (χ4n) is 5.70. The molecule has 2 N–H and O–H groups in total. The predicted octanol–water partition coefficient (Wildman–Crippen LogP) is 5.72. The van der Waals surface area contributed by atoms with Crippen molar-refractivity contribution in [3.8, 4) is 6.07 Å². The monoisotopic (exact) mass is 558 g/mol. The molecule has 210 valence electrons. The Balaban J connectivity index is 1.13. The molecule has 4 aromatic heterocycles. The Morgan fingerprint density at radius 3 is 2.61 bits per heavy atom. The largest absolute Gasteiger partial charge is 0.393 e. The molecule has 0 atom stereocenters. The van der Waals surface area contributed by atoms with Crippen LogP contribution in [0.15, 0.2) is 55.2 Å². The molecule has 0 bridgehead atoms. The first-order valence-corrected chi connectivity index (χ1v) is 13.6. The van der Waals surface area contributed by atoms with Crippen LogP contribution in [0.3, 0.4) is 0 Å². The first-order valence-electron chi connectivity index (χ1n) is 13.6. The molecule has 1 saturated heterocycles. The maximum absolute atomic E-state index is 12.9. The number of aryl methyl sites for hydroxylation is 1. The number of alkyl halides is 3. The van der Waals surface area contributed by atoms with Crippen LogP contribution in [0.2, 0.25) is 0 Å². The average Bonchev–Trinajstić information content (AvgIpc) is 3.59. The summed E-state index contributed by atoms with van der Waals surface area (Å²) in [5.74, 6) is 0.517. The first kappa shape index (κ1) is 26.8. The van der Waals surface area contributed by atoms with E-state index in [0.29, 0.717) is 29.1 Å². The van der Waals surface area contributed by atoms with E-state index in [4.69, 9.17) is 0 Å². The topological polar surface area (TPSA) is 98.4 Å². The standard InChI is InChI=1S/C30H29F3N8/c1-19-22(2-3-27-25(19)11-24(13-34)41(27)16-20-4-7-35-14-20)17-40-8-5-23(6-9-40)39-29-26-10-21(12-30(31,32)33)15-36-28(26)37-18-38-29/h2-4,7,10-11,14-15,18,23,35H,5-6,8-9,12,16-17H2,1H3,(H,36,37,38,39). The fraction of sp³-hybridized carbons (Fsp3) is 0.333. The van der Waals surface area contributed by atoms with Crippen LogP contribution in [0, 0.1) is 18.3 Å². The van der Waals surface area contributed by atoms with Gasteiger partial charge in [-0.1, -0.05) is 6.07 Å². The molecule has 1 aliphatic rings. The van der Waals surface area contributed by atoms with Crippen LogP contribution in [-0.2, 0) is 19.5 Å². The summed E-state index contributed by atoms with van der Waals surface area (Å²) in [6.45, 7) is 5.30. The van der Waals surface area contributed by atoms with Gasteiger partial charge in [-0.25, -0.2) is 15.0 Å². The van der Waals surface area contributed by atoms with Crippen LogP contribution in [0.4, 0.5) is 19.0 Å². The number of benzene rings is 1. The van der Waals surface area contributed by atoms with Crippen molar-refractivity contribution in [3.63, 3.8) is 0 Å². The van der Waals surface area contributed by atoms with E-state index in [-0.39, 0.29) is 11.6 Å². The SMILES string of the molecule is Cc1c(CN2CCC(Nc3ncnc4ncc(CC(F)(F)F)cc34)CC2)ccc2c1cc(C#N)n2Cc1cc[nH]c1. The summed E-state index contributed by atoms with van der Waals surface area (Å²) < 4.78 is 40.8. The van der Waals surface area contributed by atoms with E-state index in [2.05, 4.69) is 59.8 Å². The van der Waals surface area contributed by atoms with Gasteiger partial charge in [0.25, 0.3) is 0 Å². The molecular formula is C30H29F3N8. The molecule has 0 unspecified atom stereocenters. The summed E-state index contributed by atoms with van der Waals surface area (Å²) in [5, 5.41) is 14.8. The normalized spacial score (nSPS) is 15.0. The van der Waals surface area contributed by atoms with Crippen molar-refractivity contribution in [1.29, 1.82) is 5.26 Å². The highest BCUT2D eigenvalue weighted by molar-refractivity contribution is 5.87. The van der Waals surface area contributed by atoms with E-state index in [1.54, 1.807) is 0 Å². The lowest BCUT2D eigenvalue weighted by atomic mass is 10.0. The van der Waals surface area contributed by atoms with Crippen LogP contribution in [-0.4, -0.2) is 54.7 Å². The van der Waals surface area contributed by atoms with Gasteiger partial charge in [-0.15, -0.1) is 0 Å². The molecule has 0 radical (unpaired) electrons. The van der Waals surface area contributed by atoms with E-state index in [0.717, 1.165) is 48.9 Å². The molecule has 1 aliphatic heterocycles. The van der Waals surface area contributed by atoms with Crippen LogP contribution < -0.4 is 5.32 Å². The summed E-state index contributed by atoms with van der Waals surface area (Å²) in [5.41, 5.74) is 5.69. The van der Waals surface area contributed by atoms with Gasteiger partial charge < -0.3 is 14.9 Å². The van der Waals surface area contributed by atoms with Crippen molar-refractivity contribution in [3.05, 3.63) is 83.2 Å². The molecule has 0 aliphatic carbocycles. The fourth-order valence-corrected chi connectivity index (χ4v) is 5.70. The zero-order chi connectivity index (χ0) is 28.6. The minimum absolute atomic E-state index is 0.0895. The second-order valence-electron chi connectivity index (χ2n) is 10.7. The molecular weight excluding hydrogens is 529 g/mol. The Kier molecular flexibility index (Phi) is 7.09. The highest BCUT2D eigenvalue weighted by Gasteiger charge is 2.28. The minimum atomic E-state index is -4.31. The maximum atomic E-state index is 12.9. The van der Waals surface area contributed by atoms with E-state index >= 15 is 0 Å². The Morgan fingerprint density at radius 2 is 1.88 bits per heavy atom. The van der Waals surface area contributed by atoms with E-state index in [1.807, 2.05) is 24.5 Å². The van der Waals surface area contributed by atoms with Crippen molar-refractivity contribution in [1.82, 2.24) is 29.4 Å². The molecule has 5 aromatic rings. The van der Waals surface area contributed by atoms with Crippen LogP contribution in [0.25, 0.3) is 21.9 Å². The number of halogens is 3. The zero-order valence-electron chi connectivity index (χ0n) is 22.5. The van der Waals surface area contributed by atoms with Gasteiger partial charge in [0, 0.05) is 55.2 Å². The van der Waals surface area contributed by atoms with Crippen molar-refractivity contribution in [2.45, 2.75) is 51.5 Å². The Labute approximate surface area is 234 Å². The lowest BCUT2D eigenvalue weighted by Crippen LogP contribution is -2.39. The number of H-pyrrole nitrogens is 1. The van der Waals surface area contributed by atoms with Gasteiger partial charge >= 0.3 is 6.18 Å². The van der Waals surface area contributed by atoms with Gasteiger partial charge in [0.05, 0.1) is 18.4 Å². The molecule has 1 fully saturated rings. The number of nitrogens with one attached hydrogen (secondary N) is 2. The van der Waals surface area contributed by atoms with E-state index in [1.165, 1.54) is 29.7 Å². The maximum Gasteiger partial charge on any atom is 0.393 e. The molecule has 0 amide bonds. The molecule has 41 heavy (non-hydrogen) atoms. The first-order chi connectivity index (χ1) is 19.8. The van der Waals surface area contributed by atoms with Gasteiger partial charge in [-0.05, 0) is 66.3 Å². The van der Waals surface area contributed by atoms with Crippen LogP contribution in [0.1, 0.15) is 40.8 Å². The molecule has 0 spiro atoms. The Morgan fingerprint density at radius 1 is 1.05 bits per heavy atom. The second-order valence-corrected chi connectivity index (χ2v) is 10.7. The molecule has 5 heterocycles. The summed E-state index contributed by atoms with van der Waals surface area (Å²) >= 11 is 0. The Hall–Kier alpha value is -4.43. The molecule has 0 saturated carbocycles. The Bertz CT molecular complexity index is 1730. The quantitative estimate of drug-likeness (QED) is 0.265. The van der Waals surface area contributed by atoms with Gasteiger partial charge in [-0.3, -0.25) is 4.90 Å². The predicted molar refractivity (Wildman–Crippen MR) is 150 cm³/mol. The lowest BCUT2D eigenvalue weighted by Gasteiger charge is -2.33. The number of aromatic nitrogens is 5. The summed E-state index contributed by atoms with van der Waals surface area (Å²) in [4.78, 5) is 18.0. The number of aromatic amines is 1. The van der Waals surface area contributed by atoms with Crippen molar-refractivity contribution in [2.75, 3.05) is 18.4 Å². The van der Waals surface area contributed by atoms with E-state index in [9.17, 15) is 18.4 Å². The number of nitrogens with zero attached hydrogens (tertiary/aromatic N) is 6. The summed E-state index contributed by atoms with van der Waals surface area (Å²) in [7, 11) is 0. The number of pyridine rings is 1. The summed E-state index contributed by atoms with van der Waals surface area (Å²) in [6.07, 6.45) is 2.84. The number of piperidine rings is 1. The van der Waals surface area contributed by atoms with Crippen molar-refractivity contribution >= 4 is 27.8 Å². The highest BCUT2D eigenvalue weighted by Crippen LogP contribution is 2.29. The van der Waals surface area contributed by atoms with E-state index < -0.39 is 12.6 Å². The van der Waals surface area contributed by atoms with Gasteiger partial charge in [0.15, 0.2) is 5.65 Å². The molecule has 6 rings (SSSR count). The smallest absolute Gasteiger partial charge is 0.367 e. The summed E-state index contributed by atoms with van der Waals surface area (Å²) in [6, 6.07) is 12.2. The molecule has 11 heteroatoms. The molecule has 8 nitrogen and oxygen atoms in total. The van der Waals surface area contributed by atoms with Crippen molar-refractivity contribution in [2.24, 2.45) is 0 Å². The minimum Gasteiger partial charge on any atom is -0.367 e. The lowest BCUT2D eigenvalue weighted by molar-refractivity contribution is -0.127.